The average molecular weight is 390 g/mol. The Morgan fingerprint density at radius 1 is 1.14 bits per heavy atom. The number of hydrogen-bond acceptors (Lipinski definition) is 4. The normalized spacial score (nSPS) is 19.3. The molecule has 2 heterocycles. The van der Waals surface area contributed by atoms with Crippen LogP contribution in [-0.4, -0.2) is 45.4 Å². The van der Waals surface area contributed by atoms with Crippen LogP contribution in [0.5, 0.6) is 0 Å². The zero-order valence-electron chi connectivity index (χ0n) is 16.8. The second-order valence-electron chi connectivity index (χ2n) is 8.44. The van der Waals surface area contributed by atoms with Crippen molar-refractivity contribution < 1.29 is 4.79 Å². The smallest absolute Gasteiger partial charge is 0.231 e. The van der Waals surface area contributed by atoms with Gasteiger partial charge in [0, 0.05) is 13.6 Å². The molecule has 2 aromatic carbocycles. The molecule has 3 aromatic rings. The summed E-state index contributed by atoms with van der Waals surface area (Å²) in [6.45, 7) is 3.11. The number of aryl methyl sites for hydroxylation is 1. The Labute approximate surface area is 170 Å². The highest BCUT2D eigenvalue weighted by molar-refractivity contribution is 5.92. The molecule has 2 aliphatic rings. The van der Waals surface area contributed by atoms with Crippen LogP contribution < -0.4 is 5.32 Å². The Bertz CT molecular complexity index is 1020. The predicted octanol–water partition coefficient (Wildman–Crippen LogP) is 2.95. The zero-order valence-corrected chi connectivity index (χ0v) is 16.8. The van der Waals surface area contributed by atoms with Crippen LogP contribution in [0, 0.1) is 0 Å². The highest BCUT2D eigenvalue weighted by Gasteiger charge is 2.51. The summed E-state index contributed by atoms with van der Waals surface area (Å²) < 4.78 is 1.76. The Hall–Kier alpha value is -2.73. The Balaban J connectivity index is 1.39. The predicted molar refractivity (Wildman–Crippen MR) is 112 cm³/mol. The molecule has 150 valence electrons. The van der Waals surface area contributed by atoms with Crippen molar-refractivity contribution in [2.24, 2.45) is 7.05 Å². The van der Waals surface area contributed by atoms with Gasteiger partial charge in [-0.1, -0.05) is 41.6 Å². The molecule has 1 N–H and O–H groups in total. The van der Waals surface area contributed by atoms with Gasteiger partial charge in [-0.25, -0.2) is 4.68 Å². The molecule has 0 radical (unpaired) electrons. The molecule has 1 atom stereocenters. The molecule has 1 aliphatic heterocycles. The summed E-state index contributed by atoms with van der Waals surface area (Å²) in [5, 5.41) is 11.7. The molecule has 1 saturated heterocycles. The highest BCUT2D eigenvalue weighted by Crippen LogP contribution is 2.49. The van der Waals surface area contributed by atoms with Crippen LogP contribution in [0.3, 0.4) is 0 Å². The third kappa shape index (κ3) is 3.42. The molecule has 0 unspecified atom stereocenters. The maximum Gasteiger partial charge on any atom is 0.231 e. The number of carbonyl (C=O) groups is 1. The molecule has 2 fully saturated rings. The molecule has 1 aromatic heterocycles. The van der Waals surface area contributed by atoms with E-state index in [4.69, 9.17) is 0 Å². The Kier molecular flexibility index (Phi) is 4.59. The zero-order chi connectivity index (χ0) is 19.8. The minimum absolute atomic E-state index is 0.0134. The maximum atomic E-state index is 13.5. The lowest BCUT2D eigenvalue weighted by molar-refractivity contribution is -0.124. The molecule has 5 rings (SSSR count). The van der Waals surface area contributed by atoms with Crippen LogP contribution >= 0.6 is 0 Å². The largest absolute Gasteiger partial charge is 0.347 e. The lowest BCUT2D eigenvalue weighted by atomic mass is 9.93. The average Bonchev–Trinajstić information content (AvgIpc) is 3.26. The van der Waals surface area contributed by atoms with Crippen LogP contribution in [-0.2, 0) is 17.3 Å². The highest BCUT2D eigenvalue weighted by atomic mass is 16.2. The fraction of sp³-hybridized carbons (Fsp3) is 0.435. The third-order valence-corrected chi connectivity index (χ3v) is 6.49. The van der Waals surface area contributed by atoms with E-state index < -0.39 is 5.41 Å². The molecule has 1 amide bonds. The topological polar surface area (TPSA) is 63.1 Å². The second-order valence-corrected chi connectivity index (χ2v) is 8.44. The van der Waals surface area contributed by atoms with Crippen LogP contribution in [0.2, 0.25) is 0 Å². The van der Waals surface area contributed by atoms with Gasteiger partial charge in [0.05, 0.1) is 17.0 Å². The molecule has 6 heteroatoms. The van der Waals surface area contributed by atoms with Crippen LogP contribution in [0.1, 0.15) is 42.9 Å². The number of amides is 1. The van der Waals surface area contributed by atoms with Crippen molar-refractivity contribution in [2.45, 2.75) is 37.1 Å². The van der Waals surface area contributed by atoms with Crippen molar-refractivity contribution in [1.29, 1.82) is 0 Å². The van der Waals surface area contributed by atoms with Gasteiger partial charge in [-0.05, 0) is 62.0 Å². The third-order valence-electron chi connectivity index (χ3n) is 6.49. The first-order valence-corrected chi connectivity index (χ1v) is 10.5. The number of nitrogens with one attached hydrogen (secondary N) is 1. The molecule has 29 heavy (non-hydrogen) atoms. The van der Waals surface area contributed by atoms with Gasteiger partial charge >= 0.3 is 0 Å². The standard InChI is InChI=1S/C23H27N5O/c1-27-21-10-9-18(15-19(21)25-26-27)23(11-12-23)22(29)24-20(16-28-13-5-6-14-28)17-7-3-2-4-8-17/h2-4,7-10,15,20H,5-6,11-14,16H2,1H3,(H,24,29)/t20-/m1/s1. The fourth-order valence-corrected chi connectivity index (χ4v) is 4.55. The molecule has 0 bridgehead atoms. The number of nitrogens with zero attached hydrogens (tertiary/aromatic N) is 4. The monoisotopic (exact) mass is 389 g/mol. The van der Waals surface area contributed by atoms with Crippen molar-refractivity contribution in [1.82, 2.24) is 25.2 Å². The maximum absolute atomic E-state index is 13.5. The summed E-state index contributed by atoms with van der Waals surface area (Å²) in [7, 11) is 1.89. The Morgan fingerprint density at radius 2 is 1.90 bits per heavy atom. The van der Waals surface area contributed by atoms with E-state index in [0.29, 0.717) is 0 Å². The van der Waals surface area contributed by atoms with Gasteiger partial charge in [0.15, 0.2) is 0 Å². The van der Waals surface area contributed by atoms with E-state index in [9.17, 15) is 4.79 Å². The number of likely N-dealkylation sites (tertiary alicyclic amines) is 1. The van der Waals surface area contributed by atoms with E-state index in [1.165, 1.54) is 18.4 Å². The number of hydrogen-bond donors (Lipinski definition) is 1. The van der Waals surface area contributed by atoms with E-state index >= 15 is 0 Å². The summed E-state index contributed by atoms with van der Waals surface area (Å²) >= 11 is 0. The summed E-state index contributed by atoms with van der Waals surface area (Å²) in [4.78, 5) is 15.9. The number of carbonyl (C=O) groups excluding carboxylic acids is 1. The lowest BCUT2D eigenvalue weighted by Crippen LogP contribution is -2.41. The molecule has 1 saturated carbocycles. The van der Waals surface area contributed by atoms with E-state index in [-0.39, 0.29) is 11.9 Å². The molecule has 6 nitrogen and oxygen atoms in total. The number of aromatic nitrogens is 3. The summed E-state index contributed by atoms with van der Waals surface area (Å²) in [6.07, 6.45) is 4.26. The molecule has 0 spiro atoms. The van der Waals surface area contributed by atoms with Crippen molar-refractivity contribution in [3.63, 3.8) is 0 Å². The molecular weight excluding hydrogens is 362 g/mol. The summed E-state index contributed by atoms with van der Waals surface area (Å²) in [5.74, 6) is 0.133. The van der Waals surface area contributed by atoms with Crippen LogP contribution in [0.4, 0.5) is 0 Å². The van der Waals surface area contributed by atoms with Crippen molar-refractivity contribution in [3.8, 4) is 0 Å². The second kappa shape index (κ2) is 7.26. The summed E-state index contributed by atoms with van der Waals surface area (Å²) in [5.41, 5.74) is 3.63. The van der Waals surface area contributed by atoms with E-state index in [0.717, 1.165) is 49.1 Å². The SMILES string of the molecule is Cn1nnc2cc(C3(C(=O)N[C@H](CN4CCCC4)c4ccccc4)CC3)ccc21. The van der Waals surface area contributed by atoms with Crippen LogP contribution in [0.15, 0.2) is 48.5 Å². The first-order valence-electron chi connectivity index (χ1n) is 10.5. The van der Waals surface area contributed by atoms with Gasteiger partial charge in [0.1, 0.15) is 5.52 Å². The quantitative estimate of drug-likeness (QED) is 0.704. The lowest BCUT2D eigenvalue weighted by Gasteiger charge is -2.27. The van der Waals surface area contributed by atoms with E-state index in [1.807, 2.05) is 37.4 Å². The number of benzene rings is 2. The minimum Gasteiger partial charge on any atom is -0.347 e. The van der Waals surface area contributed by atoms with Gasteiger partial charge in [-0.15, -0.1) is 5.10 Å². The van der Waals surface area contributed by atoms with Gasteiger partial charge in [0.25, 0.3) is 0 Å². The van der Waals surface area contributed by atoms with Gasteiger partial charge in [-0.3, -0.25) is 4.79 Å². The van der Waals surface area contributed by atoms with Crippen molar-refractivity contribution in [2.75, 3.05) is 19.6 Å². The van der Waals surface area contributed by atoms with Crippen molar-refractivity contribution >= 4 is 16.9 Å². The van der Waals surface area contributed by atoms with Gasteiger partial charge < -0.3 is 10.2 Å². The Morgan fingerprint density at radius 3 is 2.62 bits per heavy atom. The first kappa shape index (κ1) is 18.3. The number of fused-ring (bicyclic) bond motifs is 1. The van der Waals surface area contributed by atoms with Crippen molar-refractivity contribution in [3.05, 3.63) is 59.7 Å². The van der Waals surface area contributed by atoms with E-state index in [2.05, 4.69) is 38.7 Å². The van der Waals surface area contributed by atoms with Gasteiger partial charge in [0.2, 0.25) is 5.91 Å². The van der Waals surface area contributed by atoms with Gasteiger partial charge in [-0.2, -0.15) is 0 Å². The fourth-order valence-electron chi connectivity index (χ4n) is 4.55. The minimum atomic E-state index is -0.427. The molecule has 1 aliphatic carbocycles. The number of rotatable bonds is 6. The molecular formula is C23H27N5O. The van der Waals surface area contributed by atoms with Crippen LogP contribution in [0.25, 0.3) is 11.0 Å². The first-order chi connectivity index (χ1) is 14.2. The summed E-state index contributed by atoms with van der Waals surface area (Å²) in [6, 6.07) is 16.5. The van der Waals surface area contributed by atoms with E-state index in [1.54, 1.807) is 4.68 Å².